The monoisotopic (exact) mass is 262 g/mol. The lowest BCUT2D eigenvalue weighted by Crippen LogP contribution is -2.26. The van der Waals surface area contributed by atoms with Crippen LogP contribution >= 0.6 is 23.2 Å². The molecule has 0 saturated heterocycles. The van der Waals surface area contributed by atoms with Crippen molar-refractivity contribution in [2.75, 3.05) is 7.11 Å². The molecule has 2 unspecified atom stereocenters. The van der Waals surface area contributed by atoms with Gasteiger partial charge in [0.2, 0.25) is 0 Å². The lowest BCUT2D eigenvalue weighted by Gasteiger charge is -2.25. The summed E-state index contributed by atoms with van der Waals surface area (Å²) in [5.74, 6) is 0.190. The van der Waals surface area contributed by atoms with Crippen LogP contribution in [0.1, 0.15) is 25.5 Å². The molecule has 0 spiro atoms. The maximum absolute atomic E-state index is 10.2. The highest BCUT2D eigenvalue weighted by atomic mass is 35.5. The van der Waals surface area contributed by atoms with Gasteiger partial charge in [0.15, 0.2) is 0 Å². The molecule has 90 valence electrons. The quantitative estimate of drug-likeness (QED) is 0.897. The summed E-state index contributed by atoms with van der Waals surface area (Å²) in [5, 5.41) is 11.2. The van der Waals surface area contributed by atoms with Gasteiger partial charge in [0.05, 0.1) is 6.10 Å². The summed E-state index contributed by atoms with van der Waals surface area (Å²) in [7, 11) is 1.58. The molecular formula is C12H16Cl2O2. The number of aliphatic hydroxyl groups is 1. The minimum Gasteiger partial charge on any atom is -0.386 e. The molecule has 0 bridgehead atoms. The van der Waals surface area contributed by atoms with Gasteiger partial charge in [0.1, 0.15) is 6.10 Å². The lowest BCUT2D eigenvalue weighted by atomic mass is 9.96. The van der Waals surface area contributed by atoms with Gasteiger partial charge in [-0.2, -0.15) is 0 Å². The number of halogens is 2. The average Bonchev–Trinajstić information content (AvgIpc) is 2.22. The highest BCUT2D eigenvalue weighted by Gasteiger charge is 2.25. The first-order chi connectivity index (χ1) is 7.47. The molecule has 0 saturated carbocycles. The molecule has 0 heterocycles. The number of rotatable bonds is 4. The molecule has 0 aromatic heterocycles. The minimum absolute atomic E-state index is 0.190. The van der Waals surface area contributed by atoms with Crippen molar-refractivity contribution >= 4 is 23.2 Å². The topological polar surface area (TPSA) is 29.5 Å². The van der Waals surface area contributed by atoms with Crippen LogP contribution in [0.25, 0.3) is 0 Å². The van der Waals surface area contributed by atoms with Crippen LogP contribution in [0.2, 0.25) is 10.0 Å². The second-order valence-corrected chi connectivity index (χ2v) is 4.90. The zero-order valence-corrected chi connectivity index (χ0v) is 11.1. The molecule has 0 fully saturated rings. The first-order valence-corrected chi connectivity index (χ1v) is 5.88. The Morgan fingerprint density at radius 1 is 1.25 bits per heavy atom. The van der Waals surface area contributed by atoms with Gasteiger partial charge in [-0.15, -0.1) is 0 Å². The van der Waals surface area contributed by atoms with E-state index in [0.29, 0.717) is 15.6 Å². The molecule has 16 heavy (non-hydrogen) atoms. The number of hydrogen-bond acceptors (Lipinski definition) is 2. The minimum atomic E-state index is -0.767. The standard InChI is InChI=1S/C12H16Cl2O2/c1-7(2)12(16-3)11(15)9-6-8(13)4-5-10(9)14/h4-7,11-12,15H,1-3H3. The summed E-state index contributed by atoms with van der Waals surface area (Å²) in [4.78, 5) is 0. The Bertz CT molecular complexity index is 353. The van der Waals surface area contributed by atoms with Crippen LogP contribution < -0.4 is 0 Å². The van der Waals surface area contributed by atoms with E-state index in [4.69, 9.17) is 27.9 Å². The second-order valence-electron chi connectivity index (χ2n) is 4.06. The van der Waals surface area contributed by atoms with Gasteiger partial charge in [0.25, 0.3) is 0 Å². The molecule has 1 aromatic rings. The van der Waals surface area contributed by atoms with Crippen LogP contribution in [-0.2, 0) is 4.74 Å². The van der Waals surface area contributed by atoms with Crippen molar-refractivity contribution < 1.29 is 9.84 Å². The van der Waals surface area contributed by atoms with Crippen molar-refractivity contribution in [1.29, 1.82) is 0 Å². The van der Waals surface area contributed by atoms with Gasteiger partial charge >= 0.3 is 0 Å². The molecule has 0 aliphatic heterocycles. The number of hydrogen-bond donors (Lipinski definition) is 1. The first-order valence-electron chi connectivity index (χ1n) is 5.13. The van der Waals surface area contributed by atoms with Crippen LogP contribution in [0.3, 0.4) is 0 Å². The third-order valence-electron chi connectivity index (χ3n) is 2.52. The van der Waals surface area contributed by atoms with Crippen molar-refractivity contribution in [3.05, 3.63) is 33.8 Å². The largest absolute Gasteiger partial charge is 0.386 e. The maximum atomic E-state index is 10.2. The van der Waals surface area contributed by atoms with Crippen LogP contribution in [0, 0.1) is 5.92 Å². The van der Waals surface area contributed by atoms with Gasteiger partial charge in [-0.1, -0.05) is 37.0 Å². The number of benzene rings is 1. The molecule has 2 nitrogen and oxygen atoms in total. The highest BCUT2D eigenvalue weighted by Crippen LogP contribution is 2.31. The predicted molar refractivity (Wildman–Crippen MR) is 67.1 cm³/mol. The molecule has 1 aromatic carbocycles. The molecule has 0 aliphatic carbocycles. The van der Waals surface area contributed by atoms with E-state index in [2.05, 4.69) is 0 Å². The Morgan fingerprint density at radius 3 is 2.38 bits per heavy atom. The smallest absolute Gasteiger partial charge is 0.107 e. The molecular weight excluding hydrogens is 247 g/mol. The molecule has 4 heteroatoms. The third-order valence-corrected chi connectivity index (χ3v) is 3.10. The zero-order chi connectivity index (χ0) is 12.3. The van der Waals surface area contributed by atoms with Gasteiger partial charge in [-0.05, 0) is 24.1 Å². The Hall–Kier alpha value is -0.280. The Balaban J connectivity index is 3.02. The van der Waals surface area contributed by atoms with E-state index >= 15 is 0 Å². The Kier molecular flexibility index (Phi) is 5.06. The van der Waals surface area contributed by atoms with Crippen LogP contribution in [0.4, 0.5) is 0 Å². The van der Waals surface area contributed by atoms with Crippen molar-refractivity contribution in [3.63, 3.8) is 0 Å². The number of ether oxygens (including phenoxy) is 1. The highest BCUT2D eigenvalue weighted by molar-refractivity contribution is 6.33. The molecule has 0 radical (unpaired) electrons. The first kappa shape index (κ1) is 13.8. The Morgan fingerprint density at radius 2 is 1.88 bits per heavy atom. The van der Waals surface area contributed by atoms with Crippen molar-refractivity contribution in [2.45, 2.75) is 26.1 Å². The summed E-state index contributed by atoms with van der Waals surface area (Å²) in [6.45, 7) is 3.96. The van der Waals surface area contributed by atoms with Crippen LogP contribution in [0.5, 0.6) is 0 Å². The third kappa shape index (κ3) is 3.11. The summed E-state index contributed by atoms with van der Waals surface area (Å²) in [6, 6.07) is 5.04. The number of methoxy groups -OCH3 is 1. The van der Waals surface area contributed by atoms with Crippen LogP contribution in [-0.4, -0.2) is 18.3 Å². The van der Waals surface area contributed by atoms with E-state index in [9.17, 15) is 5.11 Å². The van der Waals surface area contributed by atoms with Crippen molar-refractivity contribution in [2.24, 2.45) is 5.92 Å². The van der Waals surface area contributed by atoms with Crippen molar-refractivity contribution in [1.82, 2.24) is 0 Å². The molecule has 1 rings (SSSR count). The van der Waals surface area contributed by atoms with E-state index in [1.54, 1.807) is 25.3 Å². The molecule has 1 N–H and O–H groups in total. The van der Waals surface area contributed by atoms with Gasteiger partial charge in [-0.3, -0.25) is 0 Å². The Labute approximate surface area is 106 Å². The van der Waals surface area contributed by atoms with E-state index in [1.807, 2.05) is 13.8 Å². The van der Waals surface area contributed by atoms with Gasteiger partial charge < -0.3 is 9.84 Å². The SMILES string of the molecule is COC(C(C)C)C(O)c1cc(Cl)ccc1Cl. The fourth-order valence-electron chi connectivity index (χ4n) is 1.68. The van der Waals surface area contributed by atoms with Gasteiger partial charge in [0, 0.05) is 22.7 Å². The van der Waals surface area contributed by atoms with E-state index in [-0.39, 0.29) is 12.0 Å². The van der Waals surface area contributed by atoms with Gasteiger partial charge in [-0.25, -0.2) is 0 Å². The summed E-state index contributed by atoms with van der Waals surface area (Å²) < 4.78 is 5.27. The molecule has 0 aliphatic rings. The fourth-order valence-corrected chi connectivity index (χ4v) is 2.09. The van der Waals surface area contributed by atoms with E-state index < -0.39 is 6.10 Å². The second kappa shape index (κ2) is 5.87. The summed E-state index contributed by atoms with van der Waals surface area (Å²) in [6.07, 6.45) is -1.06. The van der Waals surface area contributed by atoms with E-state index in [0.717, 1.165) is 0 Å². The maximum Gasteiger partial charge on any atom is 0.107 e. The molecule has 0 amide bonds. The zero-order valence-electron chi connectivity index (χ0n) is 9.58. The lowest BCUT2D eigenvalue weighted by molar-refractivity contribution is -0.0390. The molecule has 2 atom stereocenters. The normalized spacial score (nSPS) is 15.2. The number of aliphatic hydroxyl groups excluding tert-OH is 1. The summed E-state index contributed by atoms with van der Waals surface area (Å²) in [5.41, 5.74) is 0.606. The fraction of sp³-hybridized carbons (Fsp3) is 0.500. The average molecular weight is 263 g/mol. The van der Waals surface area contributed by atoms with E-state index in [1.165, 1.54) is 0 Å². The van der Waals surface area contributed by atoms with Crippen molar-refractivity contribution in [3.8, 4) is 0 Å². The predicted octanol–water partition coefficient (Wildman–Crippen LogP) is 3.70. The summed E-state index contributed by atoms with van der Waals surface area (Å²) >= 11 is 11.9. The van der Waals surface area contributed by atoms with Crippen LogP contribution in [0.15, 0.2) is 18.2 Å².